The number of imidazole rings is 1. The summed E-state index contributed by atoms with van der Waals surface area (Å²) in [4.78, 5) is 22.4. The van der Waals surface area contributed by atoms with Gasteiger partial charge in [-0.15, -0.1) is 0 Å². The number of nitrogens with two attached hydrogens (primary N) is 1. The van der Waals surface area contributed by atoms with Crippen molar-refractivity contribution in [2.24, 2.45) is 5.73 Å². The average molecular weight is 217 g/mol. The minimum absolute atomic E-state index is 0.243. The number of nitrogens with zero attached hydrogens (tertiary/aromatic N) is 2. The summed E-state index contributed by atoms with van der Waals surface area (Å²) in [6, 6.07) is 3.27. The van der Waals surface area contributed by atoms with Gasteiger partial charge in [-0.3, -0.25) is 15.1 Å². The van der Waals surface area contributed by atoms with E-state index in [-0.39, 0.29) is 5.91 Å². The van der Waals surface area contributed by atoms with Gasteiger partial charge in [-0.25, -0.2) is 4.98 Å². The summed E-state index contributed by atoms with van der Waals surface area (Å²) in [5.41, 5.74) is 6.62. The van der Waals surface area contributed by atoms with Gasteiger partial charge in [-0.1, -0.05) is 0 Å². The van der Waals surface area contributed by atoms with E-state index in [1.54, 1.807) is 30.7 Å². The molecule has 6 nitrogen and oxygen atoms in total. The van der Waals surface area contributed by atoms with Gasteiger partial charge >= 0.3 is 0 Å². The molecule has 0 atom stereocenters. The number of H-pyrrole nitrogens is 1. The Hall–Kier alpha value is -2.21. The van der Waals surface area contributed by atoms with Crippen molar-refractivity contribution >= 4 is 11.9 Å². The molecule has 0 aromatic carbocycles. The van der Waals surface area contributed by atoms with Gasteiger partial charge in [0.15, 0.2) is 0 Å². The molecule has 0 saturated carbocycles. The Morgan fingerprint density at radius 3 is 3.00 bits per heavy atom. The van der Waals surface area contributed by atoms with E-state index in [2.05, 4.69) is 20.3 Å². The van der Waals surface area contributed by atoms with Crippen molar-refractivity contribution in [1.29, 1.82) is 0 Å². The van der Waals surface area contributed by atoms with E-state index >= 15 is 0 Å². The molecule has 6 heteroatoms. The van der Waals surface area contributed by atoms with Crippen LogP contribution in [0.15, 0.2) is 30.7 Å². The lowest BCUT2D eigenvalue weighted by Crippen LogP contribution is -2.14. The van der Waals surface area contributed by atoms with Crippen LogP contribution in [0.25, 0.3) is 0 Å². The molecule has 4 N–H and O–H groups in total. The highest BCUT2D eigenvalue weighted by atomic mass is 16.1. The highest BCUT2D eigenvalue weighted by molar-refractivity contribution is 6.03. The average Bonchev–Trinajstić information content (AvgIpc) is 2.82. The standard InChI is InChI=1S/C10H11N5O/c11-6-8-5-7(1-2-12-8)9(16)15-10-13-3-4-14-10/h1-5H,6,11H2,(H2,13,14,15,16). The SMILES string of the molecule is NCc1cc(C(=O)Nc2ncc[nH]2)ccn1. The van der Waals surface area contributed by atoms with Crippen LogP contribution in [0.2, 0.25) is 0 Å². The van der Waals surface area contributed by atoms with E-state index in [1.807, 2.05) is 0 Å². The number of carbonyl (C=O) groups is 1. The van der Waals surface area contributed by atoms with Crippen molar-refractivity contribution in [2.75, 3.05) is 5.32 Å². The molecule has 0 aliphatic heterocycles. The number of nitrogens with one attached hydrogen (secondary N) is 2. The number of pyridine rings is 1. The van der Waals surface area contributed by atoms with Crippen molar-refractivity contribution in [3.8, 4) is 0 Å². The quantitative estimate of drug-likeness (QED) is 0.698. The lowest BCUT2D eigenvalue weighted by molar-refractivity contribution is 0.102. The molecule has 2 rings (SSSR count). The first-order valence-corrected chi connectivity index (χ1v) is 4.75. The molecule has 2 aromatic heterocycles. The predicted molar refractivity (Wildman–Crippen MR) is 58.7 cm³/mol. The maximum absolute atomic E-state index is 11.7. The van der Waals surface area contributed by atoms with Gasteiger partial charge in [0, 0.05) is 30.7 Å². The van der Waals surface area contributed by atoms with Crippen molar-refractivity contribution in [3.05, 3.63) is 42.0 Å². The Morgan fingerprint density at radius 2 is 2.31 bits per heavy atom. The summed E-state index contributed by atoms with van der Waals surface area (Å²) in [7, 11) is 0. The zero-order chi connectivity index (χ0) is 11.4. The number of carbonyl (C=O) groups excluding carboxylic acids is 1. The Bertz CT molecular complexity index is 480. The molecule has 2 aromatic rings. The van der Waals surface area contributed by atoms with Crippen molar-refractivity contribution in [3.63, 3.8) is 0 Å². The third-order valence-corrected chi connectivity index (χ3v) is 2.02. The van der Waals surface area contributed by atoms with Gasteiger partial charge in [0.2, 0.25) is 5.95 Å². The summed E-state index contributed by atoms with van der Waals surface area (Å²) in [6.45, 7) is 0.307. The molecule has 0 bridgehead atoms. The molecule has 0 aliphatic rings. The highest BCUT2D eigenvalue weighted by Crippen LogP contribution is 2.04. The van der Waals surface area contributed by atoms with Crippen LogP contribution >= 0.6 is 0 Å². The second kappa shape index (κ2) is 4.54. The summed E-state index contributed by atoms with van der Waals surface area (Å²) in [5, 5.41) is 2.62. The lowest BCUT2D eigenvalue weighted by atomic mass is 10.2. The minimum atomic E-state index is -0.243. The summed E-state index contributed by atoms with van der Waals surface area (Å²) < 4.78 is 0. The van der Waals surface area contributed by atoms with Crippen molar-refractivity contribution in [1.82, 2.24) is 15.0 Å². The van der Waals surface area contributed by atoms with Gasteiger partial charge in [-0.2, -0.15) is 0 Å². The molecule has 0 fully saturated rings. The van der Waals surface area contributed by atoms with Gasteiger partial charge < -0.3 is 10.7 Å². The monoisotopic (exact) mass is 217 g/mol. The molecule has 0 radical (unpaired) electrons. The molecule has 82 valence electrons. The number of hydrogen-bond donors (Lipinski definition) is 3. The van der Waals surface area contributed by atoms with E-state index in [9.17, 15) is 4.79 Å². The number of aromatic amines is 1. The fraction of sp³-hybridized carbons (Fsp3) is 0.100. The predicted octanol–water partition coefficient (Wildman–Crippen LogP) is 0.516. The fourth-order valence-electron chi connectivity index (χ4n) is 1.24. The van der Waals surface area contributed by atoms with Gasteiger partial charge in [0.1, 0.15) is 0 Å². The highest BCUT2D eigenvalue weighted by Gasteiger charge is 2.07. The van der Waals surface area contributed by atoms with Gasteiger partial charge in [-0.05, 0) is 12.1 Å². The van der Waals surface area contributed by atoms with E-state index < -0.39 is 0 Å². The van der Waals surface area contributed by atoms with Gasteiger partial charge in [0.25, 0.3) is 5.91 Å². The second-order valence-corrected chi connectivity index (χ2v) is 3.13. The molecule has 2 heterocycles. The fourth-order valence-corrected chi connectivity index (χ4v) is 1.24. The van der Waals surface area contributed by atoms with E-state index in [0.29, 0.717) is 23.8 Å². The Kier molecular flexibility index (Phi) is 2.93. The molecule has 0 aliphatic carbocycles. The smallest absolute Gasteiger partial charge is 0.258 e. The Labute approximate surface area is 91.9 Å². The molecular formula is C10H11N5O. The zero-order valence-electron chi connectivity index (χ0n) is 8.47. The molecule has 16 heavy (non-hydrogen) atoms. The van der Waals surface area contributed by atoms with Crippen molar-refractivity contribution < 1.29 is 4.79 Å². The third-order valence-electron chi connectivity index (χ3n) is 2.02. The number of amides is 1. The van der Waals surface area contributed by atoms with Crippen LogP contribution in [0, 0.1) is 0 Å². The molecule has 0 spiro atoms. The Morgan fingerprint density at radius 1 is 1.44 bits per heavy atom. The first-order chi connectivity index (χ1) is 7.79. The summed E-state index contributed by atoms with van der Waals surface area (Å²) in [6.07, 6.45) is 4.75. The summed E-state index contributed by atoms with van der Waals surface area (Å²) in [5.74, 6) is 0.170. The van der Waals surface area contributed by atoms with Crippen LogP contribution in [-0.4, -0.2) is 20.9 Å². The Balaban J connectivity index is 2.14. The normalized spacial score (nSPS) is 10.1. The largest absolute Gasteiger partial charge is 0.331 e. The van der Waals surface area contributed by atoms with Crippen LogP contribution in [0.3, 0.4) is 0 Å². The second-order valence-electron chi connectivity index (χ2n) is 3.13. The zero-order valence-corrected chi connectivity index (χ0v) is 8.47. The molecule has 0 unspecified atom stereocenters. The number of rotatable bonds is 3. The summed E-state index contributed by atoms with van der Waals surface area (Å²) >= 11 is 0. The van der Waals surface area contributed by atoms with Crippen LogP contribution < -0.4 is 11.1 Å². The van der Waals surface area contributed by atoms with E-state index in [1.165, 1.54) is 0 Å². The maximum Gasteiger partial charge on any atom is 0.258 e. The lowest BCUT2D eigenvalue weighted by Gasteiger charge is -2.02. The molecule has 0 saturated heterocycles. The number of anilines is 1. The number of hydrogen-bond acceptors (Lipinski definition) is 4. The van der Waals surface area contributed by atoms with Gasteiger partial charge in [0.05, 0.1) is 5.69 Å². The van der Waals surface area contributed by atoms with Crippen LogP contribution in [0.1, 0.15) is 16.1 Å². The maximum atomic E-state index is 11.7. The third kappa shape index (κ3) is 2.23. The van der Waals surface area contributed by atoms with Crippen molar-refractivity contribution in [2.45, 2.75) is 6.54 Å². The molecule has 1 amide bonds. The topological polar surface area (TPSA) is 96.7 Å². The van der Waals surface area contributed by atoms with Crippen LogP contribution in [0.4, 0.5) is 5.95 Å². The molecular weight excluding hydrogens is 206 g/mol. The first kappa shape index (κ1) is 10.3. The van der Waals surface area contributed by atoms with Crippen LogP contribution in [-0.2, 0) is 6.54 Å². The minimum Gasteiger partial charge on any atom is -0.331 e. The van der Waals surface area contributed by atoms with Crippen LogP contribution in [0.5, 0.6) is 0 Å². The number of aromatic nitrogens is 3. The first-order valence-electron chi connectivity index (χ1n) is 4.75. The van der Waals surface area contributed by atoms with E-state index in [4.69, 9.17) is 5.73 Å². The van der Waals surface area contributed by atoms with E-state index in [0.717, 1.165) is 0 Å².